The van der Waals surface area contributed by atoms with E-state index in [0.717, 1.165) is 17.1 Å². The van der Waals surface area contributed by atoms with Crippen LogP contribution in [0.1, 0.15) is 25.0 Å². The Morgan fingerprint density at radius 2 is 2.14 bits per heavy atom. The van der Waals surface area contributed by atoms with Crippen molar-refractivity contribution >= 4 is 11.6 Å². The van der Waals surface area contributed by atoms with Crippen LogP contribution >= 0.6 is 11.6 Å². The van der Waals surface area contributed by atoms with Crippen molar-refractivity contribution in [1.82, 2.24) is 5.32 Å². The van der Waals surface area contributed by atoms with Crippen molar-refractivity contribution in [3.63, 3.8) is 0 Å². The Labute approximate surface area is 90.4 Å². The first-order valence-electron chi connectivity index (χ1n) is 4.84. The summed E-state index contributed by atoms with van der Waals surface area (Å²) in [6.07, 6.45) is 0. The molecule has 0 unspecified atom stereocenters. The van der Waals surface area contributed by atoms with Crippen molar-refractivity contribution < 1.29 is 0 Å². The lowest BCUT2D eigenvalue weighted by Crippen LogP contribution is -2.21. The molecule has 0 radical (unpaired) electrons. The van der Waals surface area contributed by atoms with Crippen LogP contribution in [0.15, 0.2) is 18.2 Å². The minimum absolute atomic E-state index is 0.489. The second-order valence-electron chi connectivity index (χ2n) is 3.67. The van der Waals surface area contributed by atoms with Crippen molar-refractivity contribution in [3.8, 4) is 0 Å². The van der Waals surface area contributed by atoms with Crippen LogP contribution in [-0.2, 0) is 13.1 Å². The number of halogens is 1. The topological polar surface area (TPSA) is 38.0 Å². The van der Waals surface area contributed by atoms with E-state index in [-0.39, 0.29) is 0 Å². The first kappa shape index (κ1) is 11.5. The summed E-state index contributed by atoms with van der Waals surface area (Å²) in [5.74, 6) is 0. The highest BCUT2D eigenvalue weighted by Gasteiger charge is 2.00. The fourth-order valence-electron chi connectivity index (χ4n) is 1.19. The Balaban J connectivity index is 2.66. The predicted molar refractivity (Wildman–Crippen MR) is 61.3 cm³/mol. The lowest BCUT2D eigenvalue weighted by atomic mass is 10.1. The molecule has 2 nitrogen and oxygen atoms in total. The van der Waals surface area contributed by atoms with E-state index in [9.17, 15) is 0 Å². The molecule has 3 N–H and O–H groups in total. The lowest BCUT2D eigenvalue weighted by molar-refractivity contribution is 0.589. The molecule has 3 heteroatoms. The van der Waals surface area contributed by atoms with Crippen LogP contribution in [0.2, 0.25) is 5.02 Å². The molecule has 0 saturated heterocycles. The molecule has 1 rings (SSSR count). The molecule has 14 heavy (non-hydrogen) atoms. The Bertz CT molecular complexity index is 297. The highest BCUT2D eigenvalue weighted by molar-refractivity contribution is 6.31. The van der Waals surface area contributed by atoms with E-state index in [1.165, 1.54) is 5.56 Å². The van der Waals surface area contributed by atoms with Gasteiger partial charge in [0.05, 0.1) is 0 Å². The first-order chi connectivity index (χ1) is 6.63. The molecule has 0 aromatic heterocycles. The average molecular weight is 213 g/mol. The van der Waals surface area contributed by atoms with Gasteiger partial charge in [-0.2, -0.15) is 0 Å². The number of rotatable bonds is 4. The Morgan fingerprint density at radius 1 is 1.43 bits per heavy atom. The van der Waals surface area contributed by atoms with E-state index in [4.69, 9.17) is 17.3 Å². The van der Waals surface area contributed by atoms with Crippen molar-refractivity contribution in [1.29, 1.82) is 0 Å². The molecular formula is C11H17ClN2. The molecule has 0 atom stereocenters. The molecule has 0 aliphatic carbocycles. The summed E-state index contributed by atoms with van der Waals surface area (Å²) in [4.78, 5) is 0. The minimum atomic E-state index is 0.489. The number of hydrogen-bond donors (Lipinski definition) is 2. The third-order valence-corrected chi connectivity index (χ3v) is 2.40. The molecule has 0 spiro atoms. The van der Waals surface area contributed by atoms with E-state index in [2.05, 4.69) is 25.2 Å². The molecule has 1 aromatic carbocycles. The molecule has 0 aliphatic rings. The normalized spacial score (nSPS) is 10.9. The van der Waals surface area contributed by atoms with E-state index < -0.39 is 0 Å². The van der Waals surface area contributed by atoms with Crippen molar-refractivity contribution in [2.45, 2.75) is 33.0 Å². The summed E-state index contributed by atoms with van der Waals surface area (Å²) in [5.41, 5.74) is 7.72. The second-order valence-corrected chi connectivity index (χ2v) is 4.07. The highest BCUT2D eigenvalue weighted by atomic mass is 35.5. The molecule has 0 fully saturated rings. The monoisotopic (exact) mass is 212 g/mol. The molecule has 78 valence electrons. The third-order valence-electron chi connectivity index (χ3n) is 2.05. The third kappa shape index (κ3) is 3.29. The largest absolute Gasteiger partial charge is 0.326 e. The summed E-state index contributed by atoms with van der Waals surface area (Å²) in [6.45, 7) is 5.59. The number of nitrogens with one attached hydrogen (secondary N) is 1. The van der Waals surface area contributed by atoms with Gasteiger partial charge in [-0.25, -0.2) is 0 Å². The lowest BCUT2D eigenvalue weighted by Gasteiger charge is -2.09. The zero-order valence-electron chi connectivity index (χ0n) is 8.68. The van der Waals surface area contributed by atoms with Crippen molar-refractivity contribution in [2.24, 2.45) is 5.73 Å². The van der Waals surface area contributed by atoms with Crippen LogP contribution in [0, 0.1) is 0 Å². The van der Waals surface area contributed by atoms with Crippen LogP contribution in [0.4, 0.5) is 0 Å². The second kappa shape index (κ2) is 5.35. The van der Waals surface area contributed by atoms with Gasteiger partial charge in [-0.15, -0.1) is 0 Å². The molecule has 1 aromatic rings. The summed E-state index contributed by atoms with van der Waals surface area (Å²) in [5, 5.41) is 4.10. The van der Waals surface area contributed by atoms with Crippen LogP contribution in [0.25, 0.3) is 0 Å². The molecule has 0 amide bonds. The van der Waals surface area contributed by atoms with Gasteiger partial charge in [-0.05, 0) is 17.2 Å². The Kier molecular flexibility index (Phi) is 4.39. The van der Waals surface area contributed by atoms with Gasteiger partial charge < -0.3 is 11.1 Å². The SMILES string of the molecule is CC(C)NCc1ccc(CN)c(Cl)c1. The first-order valence-corrected chi connectivity index (χ1v) is 5.22. The fraction of sp³-hybridized carbons (Fsp3) is 0.455. The quantitative estimate of drug-likeness (QED) is 0.804. The van der Waals surface area contributed by atoms with E-state index in [1.807, 2.05) is 12.1 Å². The van der Waals surface area contributed by atoms with Crippen molar-refractivity contribution in [3.05, 3.63) is 34.3 Å². The zero-order valence-corrected chi connectivity index (χ0v) is 9.43. The van der Waals surface area contributed by atoms with E-state index >= 15 is 0 Å². The van der Waals surface area contributed by atoms with E-state index in [1.54, 1.807) is 0 Å². The van der Waals surface area contributed by atoms with Gasteiger partial charge in [-0.3, -0.25) is 0 Å². The van der Waals surface area contributed by atoms with Gasteiger partial charge in [0.15, 0.2) is 0 Å². The molecule has 0 saturated carbocycles. The summed E-state index contributed by atoms with van der Waals surface area (Å²) in [7, 11) is 0. The van der Waals surface area contributed by atoms with Crippen LogP contribution < -0.4 is 11.1 Å². The van der Waals surface area contributed by atoms with Gasteiger partial charge in [0, 0.05) is 24.2 Å². The molecular weight excluding hydrogens is 196 g/mol. The maximum Gasteiger partial charge on any atom is 0.0454 e. The van der Waals surface area contributed by atoms with Gasteiger partial charge in [0.1, 0.15) is 0 Å². The zero-order chi connectivity index (χ0) is 10.6. The molecule has 0 heterocycles. The minimum Gasteiger partial charge on any atom is -0.326 e. The van der Waals surface area contributed by atoms with Gasteiger partial charge in [-0.1, -0.05) is 37.6 Å². The van der Waals surface area contributed by atoms with Gasteiger partial charge in [0.25, 0.3) is 0 Å². The van der Waals surface area contributed by atoms with Crippen LogP contribution in [0.5, 0.6) is 0 Å². The molecule has 0 aliphatic heterocycles. The highest BCUT2D eigenvalue weighted by Crippen LogP contribution is 2.17. The van der Waals surface area contributed by atoms with Crippen molar-refractivity contribution in [2.75, 3.05) is 0 Å². The Hall–Kier alpha value is -0.570. The summed E-state index contributed by atoms with van der Waals surface area (Å²) in [6, 6.07) is 6.50. The van der Waals surface area contributed by atoms with Crippen LogP contribution in [0.3, 0.4) is 0 Å². The maximum absolute atomic E-state index is 6.04. The molecule has 0 bridgehead atoms. The predicted octanol–water partition coefficient (Wildman–Crippen LogP) is 2.30. The summed E-state index contributed by atoms with van der Waals surface area (Å²) >= 11 is 6.04. The smallest absolute Gasteiger partial charge is 0.0454 e. The Morgan fingerprint density at radius 3 is 2.64 bits per heavy atom. The number of hydrogen-bond acceptors (Lipinski definition) is 2. The van der Waals surface area contributed by atoms with Crippen LogP contribution in [-0.4, -0.2) is 6.04 Å². The van der Waals surface area contributed by atoms with Gasteiger partial charge >= 0.3 is 0 Å². The van der Waals surface area contributed by atoms with E-state index in [0.29, 0.717) is 12.6 Å². The maximum atomic E-state index is 6.04. The standard InChI is InChI=1S/C11H17ClN2/c1-8(2)14-7-9-3-4-10(6-13)11(12)5-9/h3-5,8,14H,6-7,13H2,1-2H3. The fourth-order valence-corrected chi connectivity index (χ4v) is 1.47. The summed E-state index contributed by atoms with van der Waals surface area (Å²) < 4.78 is 0. The average Bonchev–Trinajstić information content (AvgIpc) is 2.15. The van der Waals surface area contributed by atoms with Gasteiger partial charge in [0.2, 0.25) is 0 Å². The number of nitrogens with two attached hydrogens (primary N) is 1. The number of benzene rings is 1.